The fraction of sp³-hybridized carbons (Fsp3) is 0.269. The van der Waals surface area contributed by atoms with E-state index in [4.69, 9.17) is 4.98 Å². The van der Waals surface area contributed by atoms with Crippen molar-refractivity contribution in [3.8, 4) is 11.3 Å². The molecule has 0 saturated heterocycles. The summed E-state index contributed by atoms with van der Waals surface area (Å²) in [6, 6.07) is 20.5. The third-order valence-corrected chi connectivity index (χ3v) is 6.30. The molecule has 0 amide bonds. The van der Waals surface area contributed by atoms with Crippen LogP contribution in [0.15, 0.2) is 67.0 Å². The van der Waals surface area contributed by atoms with Gasteiger partial charge in [0.25, 0.3) is 0 Å². The standard InChI is InChI=1S/C26H26N2/c1-3-18-9-7-10-19(4-2)26(18)23-16-21-14-15-28(25(21)17-27-23)24-13-12-20-8-5-6-11-22(20)24/h5-11,14-17,24H,3-4,12-13H2,1-2H3. The van der Waals surface area contributed by atoms with E-state index in [0.717, 1.165) is 25.0 Å². The van der Waals surface area contributed by atoms with Crippen molar-refractivity contribution in [3.05, 3.63) is 89.2 Å². The first kappa shape index (κ1) is 17.2. The Morgan fingerprint density at radius 1 is 0.964 bits per heavy atom. The molecular formula is C26H26N2. The molecule has 4 aromatic rings. The minimum Gasteiger partial charge on any atom is -0.339 e. The SMILES string of the molecule is CCc1cccc(CC)c1-c1cc2ccn(C3CCc4ccccc43)c2cn1. The molecule has 0 N–H and O–H groups in total. The van der Waals surface area contributed by atoms with Crippen molar-refractivity contribution in [3.63, 3.8) is 0 Å². The lowest BCUT2D eigenvalue weighted by Crippen LogP contribution is -2.06. The van der Waals surface area contributed by atoms with Gasteiger partial charge in [-0.25, -0.2) is 0 Å². The van der Waals surface area contributed by atoms with Crippen LogP contribution >= 0.6 is 0 Å². The molecule has 1 atom stereocenters. The van der Waals surface area contributed by atoms with Crippen LogP contribution in [0.2, 0.25) is 0 Å². The second-order valence-corrected chi connectivity index (χ2v) is 7.76. The average Bonchev–Trinajstić information content (AvgIpc) is 3.36. The summed E-state index contributed by atoms with van der Waals surface area (Å²) < 4.78 is 2.42. The third kappa shape index (κ3) is 2.67. The van der Waals surface area contributed by atoms with Crippen LogP contribution in [0.1, 0.15) is 48.6 Å². The van der Waals surface area contributed by atoms with Crippen molar-refractivity contribution in [1.29, 1.82) is 0 Å². The zero-order chi connectivity index (χ0) is 19.1. The van der Waals surface area contributed by atoms with Crippen molar-refractivity contribution in [2.45, 2.75) is 45.6 Å². The van der Waals surface area contributed by atoms with Crippen LogP contribution in [-0.4, -0.2) is 9.55 Å². The summed E-state index contributed by atoms with van der Waals surface area (Å²) in [4.78, 5) is 4.93. The highest BCUT2D eigenvalue weighted by Crippen LogP contribution is 2.37. The number of rotatable bonds is 4. The van der Waals surface area contributed by atoms with Gasteiger partial charge >= 0.3 is 0 Å². The van der Waals surface area contributed by atoms with Crippen molar-refractivity contribution < 1.29 is 0 Å². The molecule has 0 spiro atoms. The summed E-state index contributed by atoms with van der Waals surface area (Å²) in [5.74, 6) is 0. The first-order valence-electron chi connectivity index (χ1n) is 10.5. The van der Waals surface area contributed by atoms with Crippen molar-refractivity contribution in [2.75, 3.05) is 0 Å². The van der Waals surface area contributed by atoms with Gasteiger partial charge in [-0.15, -0.1) is 0 Å². The normalized spacial score (nSPS) is 15.9. The number of benzene rings is 2. The Hall–Kier alpha value is -2.87. The highest BCUT2D eigenvalue weighted by molar-refractivity contribution is 5.85. The Labute approximate surface area is 166 Å². The Bertz CT molecular complexity index is 1130. The van der Waals surface area contributed by atoms with Crippen LogP contribution in [0, 0.1) is 0 Å². The van der Waals surface area contributed by atoms with Gasteiger partial charge in [0.2, 0.25) is 0 Å². The van der Waals surface area contributed by atoms with Gasteiger partial charge in [-0.05, 0) is 60.1 Å². The zero-order valence-corrected chi connectivity index (χ0v) is 16.7. The predicted molar refractivity (Wildman–Crippen MR) is 117 cm³/mol. The van der Waals surface area contributed by atoms with E-state index < -0.39 is 0 Å². The molecule has 5 rings (SSSR count). The van der Waals surface area contributed by atoms with Crippen LogP contribution in [0.3, 0.4) is 0 Å². The number of hydrogen-bond donors (Lipinski definition) is 0. The molecular weight excluding hydrogens is 340 g/mol. The highest BCUT2D eigenvalue weighted by Gasteiger charge is 2.24. The highest BCUT2D eigenvalue weighted by atomic mass is 15.0. The van der Waals surface area contributed by atoms with Gasteiger partial charge in [0.15, 0.2) is 0 Å². The number of nitrogens with zero attached hydrogens (tertiary/aromatic N) is 2. The molecule has 2 aromatic heterocycles. The number of aryl methyl sites for hydroxylation is 3. The monoisotopic (exact) mass is 366 g/mol. The second kappa shape index (κ2) is 6.94. The largest absolute Gasteiger partial charge is 0.339 e. The lowest BCUT2D eigenvalue weighted by molar-refractivity contribution is 0.599. The molecule has 2 heteroatoms. The Balaban J connectivity index is 1.61. The van der Waals surface area contributed by atoms with E-state index in [2.05, 4.69) is 85.4 Å². The Morgan fingerprint density at radius 3 is 2.54 bits per heavy atom. The minimum absolute atomic E-state index is 0.426. The molecule has 0 radical (unpaired) electrons. The summed E-state index contributed by atoms with van der Waals surface area (Å²) in [6.45, 7) is 4.45. The van der Waals surface area contributed by atoms with E-state index in [-0.39, 0.29) is 0 Å². The van der Waals surface area contributed by atoms with Crippen LogP contribution < -0.4 is 0 Å². The van der Waals surface area contributed by atoms with Crippen molar-refractivity contribution >= 4 is 10.9 Å². The second-order valence-electron chi connectivity index (χ2n) is 7.76. The molecule has 0 bridgehead atoms. The molecule has 0 fully saturated rings. The summed E-state index contributed by atoms with van der Waals surface area (Å²) in [7, 11) is 0. The maximum absolute atomic E-state index is 4.93. The molecule has 0 aliphatic heterocycles. The maximum atomic E-state index is 4.93. The van der Waals surface area contributed by atoms with E-state index in [1.165, 1.54) is 45.1 Å². The predicted octanol–water partition coefficient (Wildman–Crippen LogP) is 6.36. The fourth-order valence-corrected chi connectivity index (χ4v) is 4.86. The number of aromatic nitrogens is 2. The molecule has 2 heterocycles. The van der Waals surface area contributed by atoms with Crippen molar-refractivity contribution in [2.24, 2.45) is 0 Å². The zero-order valence-electron chi connectivity index (χ0n) is 16.7. The number of pyridine rings is 1. The van der Waals surface area contributed by atoms with E-state index >= 15 is 0 Å². The summed E-state index contributed by atoms with van der Waals surface area (Å²) in [5, 5.41) is 1.28. The van der Waals surface area contributed by atoms with Gasteiger partial charge in [-0.3, -0.25) is 4.98 Å². The van der Waals surface area contributed by atoms with E-state index in [1.54, 1.807) is 0 Å². The molecule has 2 nitrogen and oxygen atoms in total. The first-order chi connectivity index (χ1) is 13.8. The van der Waals surface area contributed by atoms with Gasteiger partial charge in [-0.1, -0.05) is 56.3 Å². The number of fused-ring (bicyclic) bond motifs is 2. The summed E-state index contributed by atoms with van der Waals surface area (Å²) >= 11 is 0. The average molecular weight is 367 g/mol. The van der Waals surface area contributed by atoms with E-state index in [1.807, 2.05) is 0 Å². The quantitative estimate of drug-likeness (QED) is 0.411. The van der Waals surface area contributed by atoms with Gasteiger partial charge in [0.1, 0.15) is 0 Å². The topological polar surface area (TPSA) is 17.8 Å². The lowest BCUT2D eigenvalue weighted by atomic mass is 9.94. The van der Waals surface area contributed by atoms with Crippen LogP contribution in [0.25, 0.3) is 22.2 Å². The Kier molecular flexibility index (Phi) is 4.27. The summed E-state index contributed by atoms with van der Waals surface area (Å²) in [5.41, 5.74) is 9.39. The molecule has 2 aromatic carbocycles. The van der Waals surface area contributed by atoms with E-state index in [9.17, 15) is 0 Å². The van der Waals surface area contributed by atoms with E-state index in [0.29, 0.717) is 6.04 Å². The number of hydrogen-bond acceptors (Lipinski definition) is 1. The van der Waals surface area contributed by atoms with Gasteiger partial charge in [0, 0.05) is 17.1 Å². The Morgan fingerprint density at radius 2 is 1.75 bits per heavy atom. The molecule has 1 aliphatic rings. The molecule has 1 unspecified atom stereocenters. The summed E-state index contributed by atoms with van der Waals surface area (Å²) in [6.07, 6.45) is 8.72. The molecule has 1 aliphatic carbocycles. The van der Waals surface area contributed by atoms with Gasteiger partial charge in [-0.2, -0.15) is 0 Å². The van der Waals surface area contributed by atoms with Crippen LogP contribution in [-0.2, 0) is 19.3 Å². The van der Waals surface area contributed by atoms with Crippen molar-refractivity contribution in [1.82, 2.24) is 9.55 Å². The van der Waals surface area contributed by atoms with Crippen LogP contribution in [0.5, 0.6) is 0 Å². The first-order valence-corrected chi connectivity index (χ1v) is 10.5. The lowest BCUT2D eigenvalue weighted by Gasteiger charge is -2.16. The van der Waals surface area contributed by atoms with Gasteiger partial charge in [0.05, 0.1) is 23.4 Å². The molecule has 140 valence electrons. The smallest absolute Gasteiger partial charge is 0.0715 e. The molecule has 0 saturated carbocycles. The minimum atomic E-state index is 0.426. The molecule has 28 heavy (non-hydrogen) atoms. The van der Waals surface area contributed by atoms with Gasteiger partial charge < -0.3 is 4.57 Å². The van der Waals surface area contributed by atoms with Crippen LogP contribution in [0.4, 0.5) is 0 Å². The maximum Gasteiger partial charge on any atom is 0.0715 e. The fourth-order valence-electron chi connectivity index (χ4n) is 4.86. The third-order valence-electron chi connectivity index (χ3n) is 6.30.